The largest absolute Gasteiger partial charge is 0.376 e. The minimum absolute atomic E-state index is 0.00395. The second-order valence-corrected chi connectivity index (χ2v) is 5.44. The molecule has 0 aliphatic carbocycles. The Hall–Kier alpha value is -0.300. The van der Waals surface area contributed by atoms with Gasteiger partial charge in [-0.25, -0.2) is 0 Å². The van der Waals surface area contributed by atoms with Gasteiger partial charge in [-0.2, -0.15) is 0 Å². The van der Waals surface area contributed by atoms with Crippen molar-refractivity contribution in [3.63, 3.8) is 0 Å². The van der Waals surface area contributed by atoms with E-state index in [-0.39, 0.29) is 5.60 Å². The van der Waals surface area contributed by atoms with Gasteiger partial charge in [0.05, 0.1) is 12.2 Å². The third-order valence-corrected chi connectivity index (χ3v) is 1.86. The van der Waals surface area contributed by atoms with Gasteiger partial charge >= 0.3 is 0 Å². The van der Waals surface area contributed by atoms with Gasteiger partial charge < -0.3 is 4.74 Å². The van der Waals surface area contributed by atoms with Crippen molar-refractivity contribution in [2.24, 2.45) is 11.8 Å². The van der Waals surface area contributed by atoms with Crippen molar-refractivity contribution in [1.29, 1.82) is 0 Å². The zero-order chi connectivity index (χ0) is 11.2. The predicted octanol–water partition coefficient (Wildman–Crippen LogP) is 4.04. The molecule has 0 N–H and O–H groups in total. The number of allylic oxidation sites excluding steroid dienone is 2. The van der Waals surface area contributed by atoms with Gasteiger partial charge in [0.25, 0.3) is 0 Å². The molecule has 0 radical (unpaired) electrons. The van der Waals surface area contributed by atoms with Crippen LogP contribution in [0, 0.1) is 11.8 Å². The molecule has 0 spiro atoms. The highest BCUT2D eigenvalue weighted by molar-refractivity contribution is 4.85. The molecular weight excluding hydrogens is 172 g/mol. The Morgan fingerprint density at radius 3 is 2.14 bits per heavy atom. The van der Waals surface area contributed by atoms with Crippen LogP contribution < -0.4 is 0 Å². The zero-order valence-electron chi connectivity index (χ0n) is 10.6. The summed E-state index contributed by atoms with van der Waals surface area (Å²) in [5.41, 5.74) is -0.00395. The van der Waals surface area contributed by atoms with Crippen molar-refractivity contribution in [2.45, 2.75) is 53.6 Å². The molecule has 0 heterocycles. The molecule has 0 amide bonds. The maximum atomic E-state index is 5.71. The highest BCUT2D eigenvalue weighted by Gasteiger charge is 2.11. The van der Waals surface area contributed by atoms with E-state index < -0.39 is 0 Å². The van der Waals surface area contributed by atoms with Crippen LogP contribution >= 0.6 is 0 Å². The summed E-state index contributed by atoms with van der Waals surface area (Å²) in [6.07, 6.45) is 5.64. The summed E-state index contributed by atoms with van der Waals surface area (Å²) in [5.74, 6) is 1.27. The molecule has 0 bridgehead atoms. The summed E-state index contributed by atoms with van der Waals surface area (Å²) >= 11 is 0. The second-order valence-electron chi connectivity index (χ2n) is 5.44. The molecule has 1 atom stereocenters. The monoisotopic (exact) mass is 198 g/mol. The molecule has 0 aromatic heterocycles. The van der Waals surface area contributed by atoms with E-state index in [0.717, 1.165) is 13.0 Å². The van der Waals surface area contributed by atoms with Gasteiger partial charge in [-0.1, -0.05) is 32.9 Å². The lowest BCUT2D eigenvalue weighted by Gasteiger charge is -2.22. The van der Waals surface area contributed by atoms with E-state index in [1.807, 2.05) is 0 Å². The van der Waals surface area contributed by atoms with E-state index in [1.54, 1.807) is 0 Å². The average molecular weight is 198 g/mol. The fourth-order valence-electron chi connectivity index (χ4n) is 1.04. The van der Waals surface area contributed by atoms with E-state index in [4.69, 9.17) is 4.74 Å². The molecule has 1 heteroatoms. The Labute approximate surface area is 89.5 Å². The Morgan fingerprint density at radius 1 is 1.14 bits per heavy atom. The fourth-order valence-corrected chi connectivity index (χ4v) is 1.04. The summed E-state index contributed by atoms with van der Waals surface area (Å²) in [6, 6.07) is 0. The summed E-state index contributed by atoms with van der Waals surface area (Å²) < 4.78 is 5.71. The van der Waals surface area contributed by atoms with Crippen molar-refractivity contribution >= 4 is 0 Å². The summed E-state index contributed by atoms with van der Waals surface area (Å²) in [5, 5.41) is 0. The molecule has 0 aliphatic rings. The van der Waals surface area contributed by atoms with Crippen LogP contribution in [-0.4, -0.2) is 12.2 Å². The van der Waals surface area contributed by atoms with Crippen LogP contribution in [0.5, 0.6) is 0 Å². The van der Waals surface area contributed by atoms with Gasteiger partial charge in [-0.15, -0.1) is 0 Å². The van der Waals surface area contributed by atoms with Crippen LogP contribution in [-0.2, 0) is 4.74 Å². The normalized spacial score (nSPS) is 15.4. The van der Waals surface area contributed by atoms with Gasteiger partial charge in [-0.3, -0.25) is 0 Å². The lowest BCUT2D eigenvalue weighted by Crippen LogP contribution is -2.22. The first-order valence-corrected chi connectivity index (χ1v) is 5.62. The van der Waals surface area contributed by atoms with Crippen molar-refractivity contribution in [3.05, 3.63) is 12.2 Å². The highest BCUT2D eigenvalue weighted by Crippen LogP contribution is 2.12. The number of hydrogen-bond acceptors (Lipinski definition) is 1. The van der Waals surface area contributed by atoms with Gasteiger partial charge in [-0.05, 0) is 39.0 Å². The first-order chi connectivity index (χ1) is 6.31. The molecule has 0 fully saturated rings. The first-order valence-electron chi connectivity index (χ1n) is 5.62. The predicted molar refractivity (Wildman–Crippen MR) is 63.5 cm³/mol. The Kier molecular flexibility index (Phi) is 6.10. The molecule has 0 saturated heterocycles. The number of rotatable bonds is 5. The molecule has 0 unspecified atom stereocenters. The third-order valence-electron chi connectivity index (χ3n) is 1.86. The van der Waals surface area contributed by atoms with Crippen molar-refractivity contribution in [1.82, 2.24) is 0 Å². The van der Waals surface area contributed by atoms with Crippen molar-refractivity contribution in [3.8, 4) is 0 Å². The molecule has 0 aromatic carbocycles. The summed E-state index contributed by atoms with van der Waals surface area (Å²) in [4.78, 5) is 0. The maximum absolute atomic E-state index is 5.71. The number of ether oxygens (including phenoxy) is 1. The third kappa shape index (κ3) is 9.79. The topological polar surface area (TPSA) is 9.23 Å². The lowest BCUT2D eigenvalue weighted by atomic mass is 10.1. The molecular formula is C13H26O. The molecule has 0 rings (SSSR count). The Balaban J connectivity index is 3.61. The Morgan fingerprint density at radius 2 is 1.71 bits per heavy atom. The first kappa shape index (κ1) is 13.7. The van der Waals surface area contributed by atoms with Crippen LogP contribution in [0.25, 0.3) is 0 Å². The van der Waals surface area contributed by atoms with Crippen molar-refractivity contribution in [2.75, 3.05) is 6.61 Å². The van der Waals surface area contributed by atoms with Gasteiger partial charge in [0.15, 0.2) is 0 Å². The lowest BCUT2D eigenvalue weighted by molar-refractivity contribution is -0.0189. The fraction of sp³-hybridized carbons (Fsp3) is 0.846. The van der Waals surface area contributed by atoms with E-state index in [1.165, 1.54) is 0 Å². The van der Waals surface area contributed by atoms with Gasteiger partial charge in [0, 0.05) is 0 Å². The molecule has 1 nitrogen and oxygen atoms in total. The molecule has 14 heavy (non-hydrogen) atoms. The van der Waals surface area contributed by atoms with E-state index in [9.17, 15) is 0 Å². The molecule has 0 saturated carbocycles. The number of hydrogen-bond donors (Lipinski definition) is 0. The van der Waals surface area contributed by atoms with Crippen LogP contribution in [0.15, 0.2) is 12.2 Å². The quantitative estimate of drug-likeness (QED) is 0.606. The van der Waals surface area contributed by atoms with Crippen LogP contribution in [0.3, 0.4) is 0 Å². The van der Waals surface area contributed by atoms with Gasteiger partial charge in [0.2, 0.25) is 0 Å². The highest BCUT2D eigenvalue weighted by atomic mass is 16.5. The van der Waals surface area contributed by atoms with Crippen LogP contribution in [0.2, 0.25) is 0 Å². The minimum Gasteiger partial charge on any atom is -0.376 e. The minimum atomic E-state index is -0.00395. The van der Waals surface area contributed by atoms with Gasteiger partial charge in [0.1, 0.15) is 0 Å². The maximum Gasteiger partial charge on any atom is 0.0598 e. The summed E-state index contributed by atoms with van der Waals surface area (Å²) in [7, 11) is 0. The Bertz CT molecular complexity index is 163. The molecule has 0 aromatic rings. The van der Waals surface area contributed by atoms with Crippen LogP contribution in [0.4, 0.5) is 0 Å². The van der Waals surface area contributed by atoms with E-state index in [0.29, 0.717) is 11.8 Å². The van der Waals surface area contributed by atoms with E-state index >= 15 is 0 Å². The zero-order valence-corrected chi connectivity index (χ0v) is 10.6. The molecule has 0 aliphatic heterocycles. The SMILES string of the molecule is CC(C)/C=C/C[C@H](C)COC(C)(C)C. The molecule has 84 valence electrons. The second kappa shape index (κ2) is 6.23. The standard InChI is InChI=1S/C13H26O/c1-11(2)8-7-9-12(3)10-14-13(4,5)6/h7-8,11-12H,9-10H2,1-6H3/b8-7+/t12-/m0/s1. The average Bonchev–Trinajstić information content (AvgIpc) is 1.99. The summed E-state index contributed by atoms with van der Waals surface area (Å²) in [6.45, 7) is 13.8. The smallest absolute Gasteiger partial charge is 0.0598 e. The van der Waals surface area contributed by atoms with Crippen molar-refractivity contribution < 1.29 is 4.74 Å². The van der Waals surface area contributed by atoms with Crippen LogP contribution in [0.1, 0.15) is 48.0 Å². The van der Waals surface area contributed by atoms with E-state index in [2.05, 4.69) is 53.7 Å².